The SMILES string of the molecule is CN(C=C(C#N)CC1CC1)CC(N)=O. The van der Waals surface area contributed by atoms with Gasteiger partial charge in [0, 0.05) is 18.8 Å². The zero-order valence-corrected chi connectivity index (χ0v) is 8.36. The molecule has 4 nitrogen and oxygen atoms in total. The molecule has 1 saturated carbocycles. The third-order valence-corrected chi connectivity index (χ3v) is 2.13. The lowest BCUT2D eigenvalue weighted by molar-refractivity contribution is -0.118. The highest BCUT2D eigenvalue weighted by molar-refractivity contribution is 5.76. The molecule has 0 aromatic carbocycles. The van der Waals surface area contributed by atoms with Gasteiger partial charge in [-0.05, 0) is 25.2 Å². The fourth-order valence-electron chi connectivity index (χ4n) is 1.32. The molecule has 1 aliphatic rings. The van der Waals surface area contributed by atoms with Crippen LogP contribution in [0.3, 0.4) is 0 Å². The number of allylic oxidation sites excluding steroid dienone is 1. The highest BCUT2D eigenvalue weighted by Gasteiger charge is 2.22. The maximum Gasteiger partial charge on any atom is 0.236 e. The Morgan fingerprint density at radius 1 is 1.71 bits per heavy atom. The fourth-order valence-corrected chi connectivity index (χ4v) is 1.32. The molecular weight excluding hydrogens is 178 g/mol. The summed E-state index contributed by atoms with van der Waals surface area (Å²) in [6, 6.07) is 2.14. The molecule has 0 aromatic rings. The number of hydrogen-bond donors (Lipinski definition) is 1. The quantitative estimate of drug-likeness (QED) is 0.650. The number of carbonyl (C=O) groups is 1. The van der Waals surface area contributed by atoms with Crippen LogP contribution in [0.2, 0.25) is 0 Å². The third-order valence-electron chi connectivity index (χ3n) is 2.13. The topological polar surface area (TPSA) is 70.1 Å². The molecule has 14 heavy (non-hydrogen) atoms. The molecule has 4 heteroatoms. The van der Waals surface area contributed by atoms with Crippen LogP contribution in [0.4, 0.5) is 0 Å². The molecule has 0 atom stereocenters. The Hall–Kier alpha value is -1.50. The Morgan fingerprint density at radius 2 is 2.36 bits per heavy atom. The summed E-state index contributed by atoms with van der Waals surface area (Å²) < 4.78 is 0. The number of amides is 1. The van der Waals surface area contributed by atoms with E-state index in [0.717, 1.165) is 12.0 Å². The number of rotatable bonds is 5. The number of nitriles is 1. The van der Waals surface area contributed by atoms with Crippen molar-refractivity contribution in [2.45, 2.75) is 19.3 Å². The summed E-state index contributed by atoms with van der Waals surface area (Å²) in [7, 11) is 1.75. The molecule has 76 valence electrons. The van der Waals surface area contributed by atoms with Crippen LogP contribution < -0.4 is 5.73 Å². The lowest BCUT2D eigenvalue weighted by Crippen LogP contribution is -2.27. The molecule has 0 aromatic heterocycles. The summed E-state index contributed by atoms with van der Waals surface area (Å²) >= 11 is 0. The van der Waals surface area contributed by atoms with Crippen LogP contribution in [0.5, 0.6) is 0 Å². The van der Waals surface area contributed by atoms with Crippen molar-refractivity contribution in [1.29, 1.82) is 5.26 Å². The standard InChI is InChI=1S/C10H15N3O/c1-13(7-10(12)14)6-9(5-11)4-8-2-3-8/h6,8H,2-4,7H2,1H3,(H2,12,14). The van der Waals surface area contributed by atoms with Crippen LogP contribution in [0, 0.1) is 17.2 Å². The minimum absolute atomic E-state index is 0.163. The van der Waals surface area contributed by atoms with Crippen molar-refractivity contribution in [3.05, 3.63) is 11.8 Å². The monoisotopic (exact) mass is 193 g/mol. The summed E-state index contributed by atoms with van der Waals surface area (Å²) in [4.78, 5) is 12.2. The van der Waals surface area contributed by atoms with Gasteiger partial charge < -0.3 is 10.6 Å². The molecule has 1 aliphatic carbocycles. The fraction of sp³-hybridized carbons (Fsp3) is 0.600. The highest BCUT2D eigenvalue weighted by atomic mass is 16.1. The summed E-state index contributed by atoms with van der Waals surface area (Å²) in [5, 5.41) is 8.82. The van der Waals surface area contributed by atoms with Crippen LogP contribution in [0.15, 0.2) is 11.8 Å². The number of primary amides is 1. The smallest absolute Gasteiger partial charge is 0.236 e. The van der Waals surface area contributed by atoms with Crippen LogP contribution in [0.25, 0.3) is 0 Å². The number of hydrogen-bond acceptors (Lipinski definition) is 3. The highest BCUT2D eigenvalue weighted by Crippen LogP contribution is 2.34. The first-order valence-electron chi connectivity index (χ1n) is 4.71. The van der Waals surface area contributed by atoms with Crippen molar-refractivity contribution in [3.8, 4) is 6.07 Å². The van der Waals surface area contributed by atoms with E-state index >= 15 is 0 Å². The molecule has 0 spiro atoms. The van der Waals surface area contributed by atoms with Gasteiger partial charge in [0.25, 0.3) is 0 Å². The summed E-state index contributed by atoms with van der Waals surface area (Å²) in [5.74, 6) is 0.301. The van der Waals surface area contributed by atoms with Crippen LogP contribution in [-0.2, 0) is 4.79 Å². The Morgan fingerprint density at radius 3 is 2.79 bits per heavy atom. The molecule has 1 fully saturated rings. The second-order valence-corrected chi connectivity index (χ2v) is 3.80. The van der Waals surface area contributed by atoms with Crippen molar-refractivity contribution in [2.75, 3.05) is 13.6 Å². The van der Waals surface area contributed by atoms with Crippen LogP contribution >= 0.6 is 0 Å². The first-order chi connectivity index (χ1) is 6.61. The van der Waals surface area contributed by atoms with Gasteiger partial charge in [0.1, 0.15) is 0 Å². The van der Waals surface area contributed by atoms with Crippen molar-refractivity contribution < 1.29 is 4.79 Å². The second kappa shape index (κ2) is 4.66. The molecule has 0 aliphatic heterocycles. The maximum atomic E-state index is 10.6. The molecule has 1 rings (SSSR count). The average molecular weight is 193 g/mol. The van der Waals surface area contributed by atoms with Crippen molar-refractivity contribution in [1.82, 2.24) is 4.90 Å². The average Bonchev–Trinajstić information content (AvgIpc) is 2.85. The van der Waals surface area contributed by atoms with E-state index in [0.29, 0.717) is 5.92 Å². The lowest BCUT2D eigenvalue weighted by Gasteiger charge is -2.11. The van der Waals surface area contributed by atoms with Gasteiger partial charge in [-0.3, -0.25) is 4.79 Å². The number of likely N-dealkylation sites (N-methyl/N-ethyl adjacent to an activating group) is 1. The Bertz CT molecular complexity index is 286. The number of carbonyl (C=O) groups excluding carboxylic acids is 1. The van der Waals surface area contributed by atoms with E-state index in [1.165, 1.54) is 12.8 Å². The van der Waals surface area contributed by atoms with Gasteiger partial charge in [-0.15, -0.1) is 0 Å². The largest absolute Gasteiger partial charge is 0.370 e. The van der Waals surface area contributed by atoms with E-state index in [9.17, 15) is 4.79 Å². The van der Waals surface area contributed by atoms with Gasteiger partial charge in [0.05, 0.1) is 12.6 Å². The minimum Gasteiger partial charge on any atom is -0.370 e. The zero-order valence-electron chi connectivity index (χ0n) is 8.36. The summed E-state index contributed by atoms with van der Waals surface area (Å²) in [6.07, 6.45) is 4.99. The van der Waals surface area contributed by atoms with E-state index in [-0.39, 0.29) is 12.5 Å². The van der Waals surface area contributed by atoms with Gasteiger partial charge in [-0.2, -0.15) is 5.26 Å². The molecule has 1 amide bonds. The van der Waals surface area contributed by atoms with Gasteiger partial charge in [0.2, 0.25) is 5.91 Å². The van der Waals surface area contributed by atoms with Crippen LogP contribution in [-0.4, -0.2) is 24.4 Å². The predicted molar refractivity (Wildman–Crippen MR) is 52.9 cm³/mol. The summed E-state index contributed by atoms with van der Waals surface area (Å²) in [5.41, 5.74) is 5.76. The molecule has 0 bridgehead atoms. The van der Waals surface area contributed by atoms with Crippen LogP contribution in [0.1, 0.15) is 19.3 Å². The van der Waals surface area contributed by atoms with Gasteiger partial charge in [-0.25, -0.2) is 0 Å². The second-order valence-electron chi connectivity index (χ2n) is 3.80. The first kappa shape index (κ1) is 10.6. The minimum atomic E-state index is -0.382. The van der Waals surface area contributed by atoms with Crippen molar-refractivity contribution in [2.24, 2.45) is 11.7 Å². The Balaban J connectivity index is 2.44. The Kier molecular flexibility index (Phi) is 3.52. The predicted octanol–water partition coefficient (Wildman–Crippen LogP) is 0.611. The molecule has 0 radical (unpaired) electrons. The Labute approximate surface area is 84.0 Å². The van der Waals surface area contributed by atoms with E-state index in [1.54, 1.807) is 18.1 Å². The normalized spacial score (nSPS) is 16.1. The van der Waals surface area contributed by atoms with E-state index in [2.05, 4.69) is 6.07 Å². The molecular formula is C10H15N3O. The molecule has 0 saturated heterocycles. The van der Waals surface area contributed by atoms with E-state index < -0.39 is 0 Å². The van der Waals surface area contributed by atoms with Gasteiger partial charge in [-0.1, -0.05) is 0 Å². The van der Waals surface area contributed by atoms with E-state index in [1.807, 2.05) is 0 Å². The van der Waals surface area contributed by atoms with E-state index in [4.69, 9.17) is 11.0 Å². The molecule has 0 unspecified atom stereocenters. The first-order valence-corrected chi connectivity index (χ1v) is 4.71. The zero-order chi connectivity index (χ0) is 10.6. The molecule has 2 N–H and O–H groups in total. The van der Waals surface area contributed by atoms with Crippen molar-refractivity contribution >= 4 is 5.91 Å². The van der Waals surface area contributed by atoms with Crippen molar-refractivity contribution in [3.63, 3.8) is 0 Å². The molecule has 0 heterocycles. The van der Waals surface area contributed by atoms with Gasteiger partial charge >= 0.3 is 0 Å². The number of nitrogens with zero attached hydrogens (tertiary/aromatic N) is 2. The van der Waals surface area contributed by atoms with Gasteiger partial charge in [0.15, 0.2) is 0 Å². The maximum absolute atomic E-state index is 10.6. The summed E-state index contributed by atoms with van der Waals surface area (Å²) in [6.45, 7) is 0.163. The number of nitrogens with two attached hydrogens (primary N) is 1. The third kappa shape index (κ3) is 3.94. The lowest BCUT2D eigenvalue weighted by atomic mass is 10.1.